The maximum absolute atomic E-state index is 5.66. The van der Waals surface area contributed by atoms with Crippen LogP contribution in [0.4, 0.5) is 0 Å². The van der Waals surface area contributed by atoms with Crippen LogP contribution in [0.25, 0.3) is 0 Å². The van der Waals surface area contributed by atoms with Crippen LogP contribution in [0.1, 0.15) is 42.1 Å². The fourth-order valence-corrected chi connectivity index (χ4v) is 2.80. The smallest absolute Gasteiger partial charge is 0.243 e. The van der Waals surface area contributed by atoms with Gasteiger partial charge in [-0.15, -0.1) is 0 Å². The number of para-hydroxylation sites is 1. The molecule has 0 saturated carbocycles. The van der Waals surface area contributed by atoms with E-state index in [1.165, 1.54) is 0 Å². The Morgan fingerprint density at radius 2 is 2.21 bits per heavy atom. The molecule has 1 N–H and O–H groups in total. The van der Waals surface area contributed by atoms with Crippen molar-refractivity contribution in [3.8, 4) is 5.75 Å². The second-order valence-corrected chi connectivity index (χ2v) is 5.04. The van der Waals surface area contributed by atoms with Crippen LogP contribution in [-0.2, 0) is 0 Å². The fraction of sp³-hybridized carbons (Fsp3) is 0.429. The Bertz CT molecular complexity index is 590. The number of hydrogen-bond donors (Lipinski definition) is 1. The van der Waals surface area contributed by atoms with Gasteiger partial charge in [-0.05, 0) is 25.5 Å². The molecule has 1 saturated heterocycles. The summed E-state index contributed by atoms with van der Waals surface area (Å²) in [4.78, 5) is 4.55. The minimum absolute atomic E-state index is 0.0927. The van der Waals surface area contributed by atoms with Crippen LogP contribution in [0, 0.1) is 0 Å². The predicted octanol–water partition coefficient (Wildman–Crippen LogP) is 2.02. The van der Waals surface area contributed by atoms with Gasteiger partial charge in [-0.2, -0.15) is 4.98 Å². The van der Waals surface area contributed by atoms with Gasteiger partial charge in [-0.25, -0.2) is 0 Å². The Balaban J connectivity index is 1.63. The maximum atomic E-state index is 5.66. The molecular weight excluding hydrogens is 242 g/mol. The van der Waals surface area contributed by atoms with E-state index in [4.69, 9.17) is 9.26 Å². The molecule has 19 heavy (non-hydrogen) atoms. The summed E-state index contributed by atoms with van der Waals surface area (Å²) in [5, 5.41) is 7.50. The lowest BCUT2D eigenvalue weighted by Gasteiger charge is -2.03. The summed E-state index contributed by atoms with van der Waals surface area (Å²) in [5.41, 5.74) is 1.15. The molecule has 2 unspecified atom stereocenters. The van der Waals surface area contributed by atoms with Crippen LogP contribution >= 0.6 is 0 Å². The van der Waals surface area contributed by atoms with Crippen molar-refractivity contribution < 1.29 is 9.26 Å². The average Bonchev–Trinajstić information content (AvgIpc) is 3.18. The van der Waals surface area contributed by atoms with Gasteiger partial charge in [-0.1, -0.05) is 23.4 Å². The molecule has 0 radical (unpaired) electrons. The fourth-order valence-electron chi connectivity index (χ4n) is 2.80. The standard InChI is InChI=1S/C14H15N3O2/c1-2-6-12-9(4-1)10(8-18-12)13-16-14(19-17-13)11-5-3-7-15-11/h1-2,4,6,10-11,15H,3,5,7-8H2. The molecule has 2 aliphatic rings. The van der Waals surface area contributed by atoms with Crippen molar-refractivity contribution in [2.24, 2.45) is 0 Å². The summed E-state index contributed by atoms with van der Waals surface area (Å²) in [6.07, 6.45) is 2.23. The third kappa shape index (κ3) is 1.81. The van der Waals surface area contributed by atoms with Gasteiger partial charge in [-0.3, -0.25) is 0 Å². The Morgan fingerprint density at radius 3 is 3.11 bits per heavy atom. The summed E-state index contributed by atoms with van der Waals surface area (Å²) in [7, 11) is 0. The topological polar surface area (TPSA) is 60.2 Å². The van der Waals surface area contributed by atoms with Gasteiger partial charge in [0.25, 0.3) is 0 Å². The minimum atomic E-state index is 0.0927. The highest BCUT2D eigenvalue weighted by molar-refractivity contribution is 5.42. The third-order valence-electron chi connectivity index (χ3n) is 3.83. The highest BCUT2D eigenvalue weighted by atomic mass is 16.5. The lowest BCUT2D eigenvalue weighted by Crippen LogP contribution is -2.13. The molecule has 1 aromatic carbocycles. The zero-order valence-corrected chi connectivity index (χ0v) is 10.5. The molecule has 1 fully saturated rings. The second kappa shape index (κ2) is 4.35. The number of rotatable bonds is 2. The van der Waals surface area contributed by atoms with E-state index in [1.807, 2.05) is 18.2 Å². The summed E-state index contributed by atoms with van der Waals surface area (Å²) in [6.45, 7) is 1.62. The van der Waals surface area contributed by atoms with E-state index in [-0.39, 0.29) is 12.0 Å². The van der Waals surface area contributed by atoms with Crippen molar-refractivity contribution in [3.63, 3.8) is 0 Å². The molecule has 2 atom stereocenters. The number of hydrogen-bond acceptors (Lipinski definition) is 5. The minimum Gasteiger partial charge on any atom is -0.492 e. The number of aromatic nitrogens is 2. The molecule has 5 heteroatoms. The lowest BCUT2D eigenvalue weighted by atomic mass is 10.0. The van der Waals surface area contributed by atoms with Crippen LogP contribution in [0.2, 0.25) is 0 Å². The Morgan fingerprint density at radius 1 is 1.26 bits per heavy atom. The van der Waals surface area contributed by atoms with Gasteiger partial charge < -0.3 is 14.6 Å². The van der Waals surface area contributed by atoms with Gasteiger partial charge in [0.05, 0.1) is 12.0 Å². The van der Waals surface area contributed by atoms with Crippen molar-refractivity contribution in [1.82, 2.24) is 15.5 Å². The van der Waals surface area contributed by atoms with E-state index in [1.54, 1.807) is 0 Å². The van der Waals surface area contributed by atoms with Crippen molar-refractivity contribution in [1.29, 1.82) is 0 Å². The molecule has 2 aromatic rings. The first kappa shape index (κ1) is 11.0. The Kier molecular flexibility index (Phi) is 2.51. The Labute approximate surface area is 111 Å². The molecule has 5 nitrogen and oxygen atoms in total. The molecule has 0 spiro atoms. The Hall–Kier alpha value is -1.88. The van der Waals surface area contributed by atoms with Crippen molar-refractivity contribution in [2.45, 2.75) is 24.8 Å². The summed E-state index contributed by atoms with van der Waals surface area (Å²) in [5.74, 6) is 2.46. The van der Waals surface area contributed by atoms with Crippen LogP contribution in [-0.4, -0.2) is 23.3 Å². The van der Waals surface area contributed by atoms with E-state index in [2.05, 4.69) is 21.5 Å². The molecule has 0 aliphatic carbocycles. The quantitative estimate of drug-likeness (QED) is 0.891. The van der Waals surface area contributed by atoms with E-state index in [0.29, 0.717) is 12.5 Å². The third-order valence-corrected chi connectivity index (χ3v) is 3.83. The van der Waals surface area contributed by atoms with Crippen LogP contribution < -0.4 is 10.1 Å². The highest BCUT2D eigenvalue weighted by Gasteiger charge is 2.31. The molecule has 4 rings (SSSR count). The van der Waals surface area contributed by atoms with Crippen molar-refractivity contribution >= 4 is 0 Å². The van der Waals surface area contributed by atoms with Crippen molar-refractivity contribution in [2.75, 3.05) is 13.2 Å². The van der Waals surface area contributed by atoms with Crippen LogP contribution in [0.15, 0.2) is 28.8 Å². The number of nitrogens with zero attached hydrogens (tertiary/aromatic N) is 2. The molecule has 0 bridgehead atoms. The highest BCUT2D eigenvalue weighted by Crippen LogP contribution is 2.37. The molecule has 3 heterocycles. The molecule has 2 aliphatic heterocycles. The largest absolute Gasteiger partial charge is 0.492 e. The van der Waals surface area contributed by atoms with E-state index >= 15 is 0 Å². The first-order valence-electron chi connectivity index (χ1n) is 6.70. The first-order chi connectivity index (χ1) is 9.42. The second-order valence-electron chi connectivity index (χ2n) is 5.04. The van der Waals surface area contributed by atoms with Gasteiger partial charge in [0, 0.05) is 5.56 Å². The number of nitrogens with one attached hydrogen (secondary N) is 1. The molecule has 0 amide bonds. The van der Waals surface area contributed by atoms with Crippen molar-refractivity contribution in [3.05, 3.63) is 41.5 Å². The van der Waals surface area contributed by atoms with Gasteiger partial charge in [0.1, 0.15) is 12.4 Å². The SMILES string of the molecule is c1ccc2c(c1)OCC2c1noc(C2CCCN2)n1. The molecule has 1 aromatic heterocycles. The first-order valence-corrected chi connectivity index (χ1v) is 6.70. The summed E-state index contributed by atoms with van der Waals surface area (Å²) < 4.78 is 11.1. The van der Waals surface area contributed by atoms with Crippen LogP contribution in [0.5, 0.6) is 5.75 Å². The van der Waals surface area contributed by atoms with E-state index < -0.39 is 0 Å². The van der Waals surface area contributed by atoms with Gasteiger partial charge >= 0.3 is 0 Å². The summed E-state index contributed by atoms with van der Waals surface area (Å²) in [6, 6.07) is 8.26. The van der Waals surface area contributed by atoms with Gasteiger partial charge in [0.15, 0.2) is 5.82 Å². The van der Waals surface area contributed by atoms with E-state index in [9.17, 15) is 0 Å². The zero-order chi connectivity index (χ0) is 12.7. The number of ether oxygens (including phenoxy) is 1. The monoisotopic (exact) mass is 257 g/mol. The predicted molar refractivity (Wildman–Crippen MR) is 68.1 cm³/mol. The van der Waals surface area contributed by atoms with E-state index in [0.717, 1.165) is 36.5 Å². The van der Waals surface area contributed by atoms with Crippen LogP contribution in [0.3, 0.4) is 0 Å². The maximum Gasteiger partial charge on any atom is 0.243 e. The zero-order valence-electron chi connectivity index (χ0n) is 10.5. The molecular formula is C14H15N3O2. The number of benzene rings is 1. The summed E-state index contributed by atoms with van der Waals surface area (Å²) >= 11 is 0. The molecule has 98 valence electrons. The average molecular weight is 257 g/mol. The number of fused-ring (bicyclic) bond motifs is 1. The van der Waals surface area contributed by atoms with Gasteiger partial charge in [0.2, 0.25) is 5.89 Å². The lowest BCUT2D eigenvalue weighted by molar-refractivity contribution is 0.324. The normalized spacial score (nSPS) is 25.3.